The molecule has 0 aliphatic rings. The van der Waals surface area contributed by atoms with Gasteiger partial charge >= 0.3 is 0 Å². The molecule has 0 spiro atoms. The second-order valence-corrected chi connectivity index (χ2v) is 9.45. The summed E-state index contributed by atoms with van der Waals surface area (Å²) in [7, 11) is 0. The quantitative estimate of drug-likeness (QED) is 0.226. The zero-order valence-corrected chi connectivity index (χ0v) is 21.8. The molecule has 0 fully saturated rings. The highest BCUT2D eigenvalue weighted by molar-refractivity contribution is 9.10. The van der Waals surface area contributed by atoms with E-state index >= 15 is 0 Å². The Balaban J connectivity index is 1.84. The van der Waals surface area contributed by atoms with Crippen LogP contribution in [0.3, 0.4) is 0 Å². The second kappa shape index (κ2) is 14.0. The molecule has 0 radical (unpaired) electrons. The fraction of sp³-hybridized carbons (Fsp3) is 0.400. The van der Waals surface area contributed by atoms with Crippen molar-refractivity contribution in [3.63, 3.8) is 0 Å². The van der Waals surface area contributed by atoms with Crippen molar-refractivity contribution in [3.8, 4) is 5.75 Å². The Labute approximate surface area is 210 Å². The number of thiocarbonyl (C=S) groups is 1. The minimum atomic E-state index is -0.319. The van der Waals surface area contributed by atoms with Crippen LogP contribution in [-0.2, 0) is 4.79 Å². The van der Waals surface area contributed by atoms with Crippen LogP contribution in [0, 0.1) is 5.92 Å². The Morgan fingerprint density at radius 2 is 1.67 bits per heavy atom. The summed E-state index contributed by atoms with van der Waals surface area (Å²) in [6.45, 7) is 6.82. The third kappa shape index (κ3) is 9.92. The normalized spacial score (nSPS) is 10.6. The molecule has 2 rings (SSSR count). The lowest BCUT2D eigenvalue weighted by atomic mass is 10.1. The van der Waals surface area contributed by atoms with E-state index in [0.29, 0.717) is 41.6 Å². The van der Waals surface area contributed by atoms with E-state index in [9.17, 15) is 9.59 Å². The summed E-state index contributed by atoms with van der Waals surface area (Å²) >= 11 is 8.74. The van der Waals surface area contributed by atoms with Crippen molar-refractivity contribution in [3.05, 3.63) is 52.5 Å². The van der Waals surface area contributed by atoms with Gasteiger partial charge in [0.15, 0.2) is 5.11 Å². The number of amides is 2. The molecule has 0 saturated heterocycles. The molecular formula is C25H32BrN3O3S. The maximum Gasteiger partial charge on any atom is 0.257 e. The van der Waals surface area contributed by atoms with E-state index in [1.165, 1.54) is 12.8 Å². The molecule has 0 aliphatic heterocycles. The van der Waals surface area contributed by atoms with Crippen molar-refractivity contribution >= 4 is 56.4 Å². The number of nitrogens with one attached hydrogen (secondary N) is 3. The first-order valence-corrected chi connectivity index (χ1v) is 12.4. The second-order valence-electron chi connectivity index (χ2n) is 8.19. The Morgan fingerprint density at radius 3 is 2.27 bits per heavy atom. The molecule has 2 amide bonds. The summed E-state index contributed by atoms with van der Waals surface area (Å²) in [5.74, 6) is 0.670. The summed E-state index contributed by atoms with van der Waals surface area (Å²) in [4.78, 5) is 24.4. The minimum absolute atomic E-state index is 0.0208. The van der Waals surface area contributed by atoms with E-state index in [4.69, 9.17) is 17.0 Å². The first kappa shape index (κ1) is 26.8. The predicted octanol–water partition coefficient (Wildman–Crippen LogP) is 6.52. The molecule has 0 saturated carbocycles. The van der Waals surface area contributed by atoms with Crippen LogP contribution in [0.25, 0.3) is 0 Å². The fourth-order valence-electron chi connectivity index (χ4n) is 3.03. The monoisotopic (exact) mass is 533 g/mol. The number of unbranched alkanes of at least 4 members (excludes halogenated alkanes) is 3. The number of hydrogen-bond acceptors (Lipinski definition) is 4. The standard InChI is InChI=1S/C25H32BrN3O3S/c1-4-5-6-7-14-32-22-13-8-18(16-21(22)26)24(31)29-25(33)28-20-11-9-19(10-12-20)27-23(30)15-17(2)3/h8-13,16-17H,4-7,14-15H2,1-3H3,(H,27,30)(H2,28,29,31,33). The Hall–Kier alpha value is -2.45. The maximum absolute atomic E-state index is 12.6. The van der Waals surface area contributed by atoms with Crippen LogP contribution >= 0.6 is 28.1 Å². The van der Waals surface area contributed by atoms with Gasteiger partial charge in [0.05, 0.1) is 11.1 Å². The van der Waals surface area contributed by atoms with Gasteiger partial charge in [-0.05, 0) is 83.0 Å². The molecule has 2 aromatic rings. The smallest absolute Gasteiger partial charge is 0.257 e. The number of benzene rings is 2. The van der Waals surface area contributed by atoms with Crippen LogP contribution in [-0.4, -0.2) is 23.5 Å². The average Bonchev–Trinajstić information content (AvgIpc) is 2.75. The van der Waals surface area contributed by atoms with E-state index in [1.807, 2.05) is 13.8 Å². The van der Waals surface area contributed by atoms with Crippen molar-refractivity contribution < 1.29 is 14.3 Å². The van der Waals surface area contributed by atoms with Crippen molar-refractivity contribution in [1.82, 2.24) is 5.32 Å². The van der Waals surface area contributed by atoms with Gasteiger partial charge in [-0.2, -0.15) is 0 Å². The van der Waals surface area contributed by atoms with E-state index in [1.54, 1.807) is 42.5 Å². The van der Waals surface area contributed by atoms with Gasteiger partial charge in [-0.25, -0.2) is 0 Å². The predicted molar refractivity (Wildman–Crippen MR) is 142 cm³/mol. The van der Waals surface area contributed by atoms with Gasteiger partial charge in [0.25, 0.3) is 5.91 Å². The Kier molecular flexibility index (Phi) is 11.3. The molecule has 3 N–H and O–H groups in total. The van der Waals surface area contributed by atoms with Gasteiger partial charge in [0.2, 0.25) is 5.91 Å². The zero-order valence-electron chi connectivity index (χ0n) is 19.4. The van der Waals surface area contributed by atoms with Crippen molar-refractivity contribution in [1.29, 1.82) is 0 Å². The lowest BCUT2D eigenvalue weighted by Crippen LogP contribution is -2.34. The molecule has 0 aromatic heterocycles. The zero-order chi connectivity index (χ0) is 24.2. The van der Waals surface area contributed by atoms with Crippen molar-refractivity contribution in [2.24, 2.45) is 5.92 Å². The Morgan fingerprint density at radius 1 is 1.00 bits per heavy atom. The molecule has 0 bridgehead atoms. The fourth-order valence-corrected chi connectivity index (χ4v) is 3.73. The van der Waals surface area contributed by atoms with Crippen molar-refractivity contribution in [2.45, 2.75) is 52.9 Å². The van der Waals surface area contributed by atoms with Gasteiger partial charge in [-0.3, -0.25) is 14.9 Å². The molecule has 33 heavy (non-hydrogen) atoms. The first-order valence-electron chi connectivity index (χ1n) is 11.2. The summed E-state index contributed by atoms with van der Waals surface area (Å²) in [6, 6.07) is 12.3. The van der Waals surface area contributed by atoms with Crippen LogP contribution in [0.5, 0.6) is 5.75 Å². The van der Waals surface area contributed by atoms with E-state index in [0.717, 1.165) is 17.3 Å². The van der Waals surface area contributed by atoms with Crippen LogP contribution in [0.1, 0.15) is 63.2 Å². The lowest BCUT2D eigenvalue weighted by Gasteiger charge is -2.12. The molecule has 2 aromatic carbocycles. The molecule has 0 heterocycles. The number of carbonyl (C=O) groups is 2. The highest BCUT2D eigenvalue weighted by Crippen LogP contribution is 2.26. The Bertz CT molecular complexity index is 948. The molecule has 0 atom stereocenters. The number of ether oxygens (including phenoxy) is 1. The van der Waals surface area contributed by atoms with Crippen LogP contribution in [0.15, 0.2) is 46.9 Å². The molecule has 8 heteroatoms. The number of hydrogen-bond donors (Lipinski definition) is 3. The van der Waals surface area contributed by atoms with Crippen LogP contribution in [0.4, 0.5) is 11.4 Å². The third-order valence-corrected chi connectivity index (χ3v) is 5.52. The van der Waals surface area contributed by atoms with E-state index in [-0.39, 0.29) is 16.9 Å². The largest absolute Gasteiger partial charge is 0.492 e. The topological polar surface area (TPSA) is 79.5 Å². The summed E-state index contributed by atoms with van der Waals surface area (Å²) in [5.41, 5.74) is 1.88. The summed E-state index contributed by atoms with van der Waals surface area (Å²) in [6.07, 6.45) is 5.02. The molecule has 0 unspecified atom stereocenters. The number of carbonyl (C=O) groups excluding carboxylic acids is 2. The molecular weight excluding hydrogens is 502 g/mol. The third-order valence-electron chi connectivity index (χ3n) is 4.70. The van der Waals surface area contributed by atoms with Gasteiger partial charge in [0, 0.05) is 23.4 Å². The van der Waals surface area contributed by atoms with E-state index < -0.39 is 0 Å². The SMILES string of the molecule is CCCCCCOc1ccc(C(=O)NC(=S)Nc2ccc(NC(=O)CC(C)C)cc2)cc1Br. The van der Waals surface area contributed by atoms with Gasteiger partial charge in [-0.1, -0.05) is 40.0 Å². The summed E-state index contributed by atoms with van der Waals surface area (Å²) in [5, 5.41) is 8.69. The summed E-state index contributed by atoms with van der Waals surface area (Å²) < 4.78 is 6.51. The van der Waals surface area contributed by atoms with Crippen molar-refractivity contribution in [2.75, 3.05) is 17.2 Å². The highest BCUT2D eigenvalue weighted by atomic mass is 79.9. The maximum atomic E-state index is 12.6. The lowest BCUT2D eigenvalue weighted by molar-refractivity contribution is -0.116. The minimum Gasteiger partial charge on any atom is -0.492 e. The molecule has 178 valence electrons. The number of halogens is 1. The average molecular weight is 535 g/mol. The van der Waals surface area contributed by atoms with Gasteiger partial charge in [0.1, 0.15) is 5.75 Å². The molecule has 6 nitrogen and oxygen atoms in total. The number of anilines is 2. The van der Waals surface area contributed by atoms with Crippen LogP contribution in [0.2, 0.25) is 0 Å². The number of rotatable bonds is 11. The van der Waals surface area contributed by atoms with Gasteiger partial charge < -0.3 is 15.4 Å². The first-order chi connectivity index (χ1) is 15.8. The van der Waals surface area contributed by atoms with E-state index in [2.05, 4.69) is 38.8 Å². The molecule has 0 aliphatic carbocycles. The highest BCUT2D eigenvalue weighted by Gasteiger charge is 2.11. The van der Waals surface area contributed by atoms with Gasteiger partial charge in [-0.15, -0.1) is 0 Å². The van der Waals surface area contributed by atoms with Crippen LogP contribution < -0.4 is 20.7 Å².